The van der Waals surface area contributed by atoms with E-state index < -0.39 is 11.9 Å². The molecule has 0 heterocycles. The SMILES string of the molecule is CCOc1cc(/C=N\NC(=O)COc2ccc(Cl)cc2)ccc1OC(=O)c1ccc(Cl)cc1. The molecule has 0 fully saturated rings. The predicted octanol–water partition coefficient (Wildman–Crippen LogP) is 5.14. The van der Waals surface area contributed by atoms with E-state index in [9.17, 15) is 9.59 Å². The molecule has 1 N–H and O–H groups in total. The van der Waals surface area contributed by atoms with Crippen molar-refractivity contribution < 1.29 is 23.8 Å². The van der Waals surface area contributed by atoms with Crippen molar-refractivity contribution in [3.8, 4) is 17.2 Å². The molecule has 170 valence electrons. The van der Waals surface area contributed by atoms with Crippen molar-refractivity contribution in [3.63, 3.8) is 0 Å². The summed E-state index contributed by atoms with van der Waals surface area (Å²) < 4.78 is 16.4. The number of esters is 1. The zero-order valence-electron chi connectivity index (χ0n) is 17.6. The summed E-state index contributed by atoms with van der Waals surface area (Å²) in [7, 11) is 0. The van der Waals surface area contributed by atoms with Crippen LogP contribution in [-0.4, -0.2) is 31.3 Å². The van der Waals surface area contributed by atoms with Crippen LogP contribution in [0.5, 0.6) is 17.2 Å². The fourth-order valence-electron chi connectivity index (χ4n) is 2.59. The van der Waals surface area contributed by atoms with E-state index in [1.54, 1.807) is 66.7 Å². The van der Waals surface area contributed by atoms with Gasteiger partial charge in [0.25, 0.3) is 5.91 Å². The van der Waals surface area contributed by atoms with Gasteiger partial charge in [-0.25, -0.2) is 10.2 Å². The van der Waals surface area contributed by atoms with Crippen LogP contribution >= 0.6 is 23.2 Å². The van der Waals surface area contributed by atoms with E-state index >= 15 is 0 Å². The van der Waals surface area contributed by atoms with Gasteiger partial charge in [0.05, 0.1) is 18.4 Å². The molecule has 0 radical (unpaired) electrons. The molecule has 0 unspecified atom stereocenters. The Bertz CT molecular complexity index is 1130. The molecule has 0 bridgehead atoms. The molecule has 3 rings (SSSR count). The summed E-state index contributed by atoms with van der Waals surface area (Å²) in [6.45, 7) is 1.97. The van der Waals surface area contributed by atoms with Crippen LogP contribution in [-0.2, 0) is 4.79 Å². The Balaban J connectivity index is 1.58. The number of carbonyl (C=O) groups is 2. The molecule has 0 aliphatic carbocycles. The lowest BCUT2D eigenvalue weighted by atomic mass is 10.2. The fraction of sp³-hybridized carbons (Fsp3) is 0.125. The first kappa shape index (κ1) is 24.1. The number of hydrogen-bond acceptors (Lipinski definition) is 6. The van der Waals surface area contributed by atoms with Crippen molar-refractivity contribution in [3.05, 3.63) is 87.9 Å². The zero-order valence-corrected chi connectivity index (χ0v) is 19.1. The molecule has 3 aromatic carbocycles. The summed E-state index contributed by atoms with van der Waals surface area (Å²) in [5, 5.41) is 5.01. The van der Waals surface area contributed by atoms with Crippen LogP contribution in [0.15, 0.2) is 71.8 Å². The highest BCUT2D eigenvalue weighted by molar-refractivity contribution is 6.30. The molecule has 0 aliphatic heterocycles. The highest BCUT2D eigenvalue weighted by Gasteiger charge is 2.13. The number of ether oxygens (including phenoxy) is 3. The van der Waals surface area contributed by atoms with Crippen molar-refractivity contribution in [2.45, 2.75) is 6.92 Å². The molecule has 1 amide bonds. The lowest BCUT2D eigenvalue weighted by Crippen LogP contribution is -2.24. The fourth-order valence-corrected chi connectivity index (χ4v) is 2.85. The summed E-state index contributed by atoms with van der Waals surface area (Å²) in [4.78, 5) is 24.3. The third-order valence-corrected chi connectivity index (χ3v) is 4.64. The average molecular weight is 487 g/mol. The quantitative estimate of drug-likeness (QED) is 0.196. The van der Waals surface area contributed by atoms with Crippen LogP contribution in [0, 0.1) is 0 Å². The molecule has 7 nitrogen and oxygen atoms in total. The van der Waals surface area contributed by atoms with Crippen LogP contribution < -0.4 is 19.6 Å². The molecule has 9 heteroatoms. The van der Waals surface area contributed by atoms with Gasteiger partial charge in [-0.3, -0.25) is 4.79 Å². The number of halogens is 2. The summed E-state index contributed by atoms with van der Waals surface area (Å²) in [5.41, 5.74) is 3.37. The maximum absolute atomic E-state index is 12.4. The van der Waals surface area contributed by atoms with Gasteiger partial charge in [-0.15, -0.1) is 0 Å². The number of rotatable bonds is 9. The minimum Gasteiger partial charge on any atom is -0.490 e. The van der Waals surface area contributed by atoms with E-state index in [-0.39, 0.29) is 12.4 Å². The smallest absolute Gasteiger partial charge is 0.343 e. The van der Waals surface area contributed by atoms with E-state index in [1.807, 2.05) is 6.92 Å². The molecule has 0 aliphatic rings. The number of nitrogens with one attached hydrogen (secondary N) is 1. The first-order valence-electron chi connectivity index (χ1n) is 9.89. The van der Waals surface area contributed by atoms with E-state index in [2.05, 4.69) is 10.5 Å². The Morgan fingerprint density at radius 2 is 1.58 bits per heavy atom. The Labute approximate surface area is 200 Å². The standard InChI is InChI=1S/C24H20Cl2N2O5/c1-2-31-22-13-16(3-12-21(22)33-24(30)17-4-6-18(25)7-5-17)14-27-28-23(29)15-32-20-10-8-19(26)9-11-20/h3-14H,2,15H2,1H3,(H,28,29)/b27-14-. The third-order valence-electron chi connectivity index (χ3n) is 4.14. The second-order valence-corrected chi connectivity index (χ2v) is 7.44. The van der Waals surface area contributed by atoms with Gasteiger partial charge in [0.2, 0.25) is 0 Å². The van der Waals surface area contributed by atoms with Crippen molar-refractivity contribution in [1.29, 1.82) is 0 Å². The van der Waals surface area contributed by atoms with E-state index in [4.69, 9.17) is 37.4 Å². The topological polar surface area (TPSA) is 86.2 Å². The molecule has 0 spiro atoms. The van der Waals surface area contributed by atoms with E-state index in [1.165, 1.54) is 6.21 Å². The molecular weight excluding hydrogens is 467 g/mol. The van der Waals surface area contributed by atoms with Crippen molar-refractivity contribution in [2.24, 2.45) is 5.10 Å². The maximum atomic E-state index is 12.4. The van der Waals surface area contributed by atoms with Crippen LogP contribution in [0.2, 0.25) is 10.0 Å². The number of hydrazone groups is 1. The maximum Gasteiger partial charge on any atom is 0.343 e. The van der Waals surface area contributed by atoms with Crippen molar-refractivity contribution in [1.82, 2.24) is 5.43 Å². The van der Waals surface area contributed by atoms with Crippen molar-refractivity contribution in [2.75, 3.05) is 13.2 Å². The van der Waals surface area contributed by atoms with Gasteiger partial charge < -0.3 is 14.2 Å². The minimum atomic E-state index is -0.540. The summed E-state index contributed by atoms with van der Waals surface area (Å²) >= 11 is 11.7. The predicted molar refractivity (Wildman–Crippen MR) is 127 cm³/mol. The van der Waals surface area contributed by atoms with Gasteiger partial charge in [0, 0.05) is 10.0 Å². The Hall–Kier alpha value is -3.55. The Morgan fingerprint density at radius 3 is 2.24 bits per heavy atom. The monoisotopic (exact) mass is 486 g/mol. The number of amides is 1. The molecule has 0 aromatic heterocycles. The minimum absolute atomic E-state index is 0.206. The van der Waals surface area contributed by atoms with Crippen molar-refractivity contribution >= 4 is 41.3 Å². The lowest BCUT2D eigenvalue weighted by Gasteiger charge is -2.11. The number of carbonyl (C=O) groups excluding carboxylic acids is 2. The normalized spacial score (nSPS) is 10.6. The van der Waals surface area contributed by atoms with Gasteiger partial charge in [0.1, 0.15) is 5.75 Å². The highest BCUT2D eigenvalue weighted by Crippen LogP contribution is 2.29. The molecular formula is C24H20Cl2N2O5. The summed E-state index contributed by atoms with van der Waals surface area (Å²) in [6.07, 6.45) is 1.44. The number of nitrogens with zero attached hydrogens (tertiary/aromatic N) is 1. The van der Waals surface area contributed by atoms with Crippen LogP contribution in [0.1, 0.15) is 22.8 Å². The second-order valence-electron chi connectivity index (χ2n) is 6.57. The Kier molecular flexibility index (Phi) is 8.69. The molecule has 0 atom stereocenters. The first-order chi connectivity index (χ1) is 15.9. The molecule has 33 heavy (non-hydrogen) atoms. The number of hydrogen-bond donors (Lipinski definition) is 1. The molecule has 0 saturated heterocycles. The van der Waals surface area contributed by atoms with Gasteiger partial charge in [0.15, 0.2) is 18.1 Å². The Morgan fingerprint density at radius 1 is 0.909 bits per heavy atom. The summed E-state index contributed by atoms with van der Waals surface area (Å²) in [6, 6.07) is 17.9. The van der Waals surface area contributed by atoms with Crippen LogP contribution in [0.4, 0.5) is 0 Å². The third kappa shape index (κ3) is 7.52. The number of benzene rings is 3. The zero-order chi connectivity index (χ0) is 23.6. The first-order valence-corrected chi connectivity index (χ1v) is 10.6. The van der Waals surface area contributed by atoms with E-state index in [0.29, 0.717) is 39.3 Å². The van der Waals surface area contributed by atoms with Gasteiger partial charge in [-0.2, -0.15) is 5.10 Å². The largest absolute Gasteiger partial charge is 0.490 e. The second kappa shape index (κ2) is 11.9. The molecule has 0 saturated carbocycles. The van der Waals surface area contributed by atoms with Gasteiger partial charge >= 0.3 is 5.97 Å². The van der Waals surface area contributed by atoms with Gasteiger partial charge in [-0.05, 0) is 79.2 Å². The van der Waals surface area contributed by atoms with Gasteiger partial charge in [-0.1, -0.05) is 23.2 Å². The summed E-state index contributed by atoms with van der Waals surface area (Å²) in [5.74, 6) is 0.167. The van der Waals surface area contributed by atoms with Crippen LogP contribution in [0.3, 0.4) is 0 Å². The van der Waals surface area contributed by atoms with E-state index in [0.717, 1.165) is 0 Å². The van der Waals surface area contributed by atoms with Crippen LogP contribution in [0.25, 0.3) is 0 Å². The lowest BCUT2D eigenvalue weighted by molar-refractivity contribution is -0.123. The molecule has 3 aromatic rings. The average Bonchev–Trinajstić information content (AvgIpc) is 2.81. The highest BCUT2D eigenvalue weighted by atomic mass is 35.5.